The number of hydrogen-bond donors (Lipinski definition) is 0. The van der Waals surface area contributed by atoms with Gasteiger partial charge in [0.1, 0.15) is 11.2 Å². The summed E-state index contributed by atoms with van der Waals surface area (Å²) in [6, 6.07) is 63.1. The van der Waals surface area contributed by atoms with E-state index in [9.17, 15) is 0 Å². The van der Waals surface area contributed by atoms with Crippen molar-refractivity contribution < 1.29 is 4.42 Å². The molecule has 2 aromatic heterocycles. The molecule has 2 nitrogen and oxygen atoms in total. The van der Waals surface area contributed by atoms with E-state index < -0.39 is 0 Å². The Hall–Kier alpha value is -6.16. The van der Waals surface area contributed by atoms with E-state index in [1.165, 1.54) is 53.2 Å². The van der Waals surface area contributed by atoms with Crippen LogP contribution in [-0.4, -0.2) is 0 Å². The monoisotopic (exact) mass is 643 g/mol. The van der Waals surface area contributed by atoms with Gasteiger partial charge >= 0.3 is 0 Å². The van der Waals surface area contributed by atoms with Crippen molar-refractivity contribution in [3.63, 3.8) is 0 Å². The van der Waals surface area contributed by atoms with Gasteiger partial charge in [0.15, 0.2) is 0 Å². The molecule has 10 rings (SSSR count). The molecule has 8 aromatic carbocycles. The van der Waals surface area contributed by atoms with Gasteiger partial charge in [-0.15, -0.1) is 11.3 Å². The fraction of sp³-hybridized carbons (Fsp3) is 0. The summed E-state index contributed by atoms with van der Waals surface area (Å²) in [4.78, 5) is 2.39. The van der Waals surface area contributed by atoms with Gasteiger partial charge in [0.2, 0.25) is 0 Å². The molecule has 0 bridgehead atoms. The van der Waals surface area contributed by atoms with Crippen molar-refractivity contribution in [1.82, 2.24) is 0 Å². The van der Waals surface area contributed by atoms with Crippen molar-refractivity contribution in [2.24, 2.45) is 0 Å². The number of furan rings is 1. The largest absolute Gasteiger partial charge is 0.456 e. The molecule has 0 saturated carbocycles. The molecule has 230 valence electrons. The maximum atomic E-state index is 6.37. The minimum atomic E-state index is 0.881. The number of benzene rings is 8. The van der Waals surface area contributed by atoms with Crippen LogP contribution in [-0.2, 0) is 0 Å². The Morgan fingerprint density at radius 3 is 1.92 bits per heavy atom. The molecule has 0 aliphatic heterocycles. The van der Waals surface area contributed by atoms with Crippen LogP contribution in [0.25, 0.3) is 75.1 Å². The minimum Gasteiger partial charge on any atom is -0.456 e. The first-order chi connectivity index (χ1) is 24.3. The SMILES string of the molecule is c1ccc(-c2ccccc2-c2ccc(N(c3ccc4c(c3)sc3c5ccccc5ccc43)c3cccc4oc5ccccc5c34)cc2)cc1. The van der Waals surface area contributed by atoms with Crippen LogP contribution in [0.5, 0.6) is 0 Å². The highest BCUT2D eigenvalue weighted by Gasteiger charge is 2.21. The number of rotatable bonds is 5. The molecular formula is C46H29NOS. The van der Waals surface area contributed by atoms with Gasteiger partial charge in [-0.3, -0.25) is 0 Å². The molecule has 49 heavy (non-hydrogen) atoms. The molecule has 0 aliphatic carbocycles. The van der Waals surface area contributed by atoms with Crippen molar-refractivity contribution in [3.05, 3.63) is 176 Å². The third-order valence-electron chi connectivity index (χ3n) is 9.68. The molecule has 0 N–H and O–H groups in total. The Morgan fingerprint density at radius 2 is 1.08 bits per heavy atom. The molecule has 0 saturated heterocycles. The molecule has 3 heteroatoms. The highest BCUT2D eigenvalue weighted by Crippen LogP contribution is 2.46. The summed E-state index contributed by atoms with van der Waals surface area (Å²) in [5, 5.41) is 7.40. The van der Waals surface area contributed by atoms with Gasteiger partial charge in [0.25, 0.3) is 0 Å². The number of thiophene rings is 1. The molecule has 0 spiro atoms. The summed E-state index contributed by atoms with van der Waals surface area (Å²) in [5.74, 6) is 0. The lowest BCUT2D eigenvalue weighted by Crippen LogP contribution is -2.10. The molecule has 10 aromatic rings. The number of fused-ring (bicyclic) bond motifs is 8. The second-order valence-electron chi connectivity index (χ2n) is 12.5. The van der Waals surface area contributed by atoms with E-state index >= 15 is 0 Å². The summed E-state index contributed by atoms with van der Waals surface area (Å²) in [6.07, 6.45) is 0. The second kappa shape index (κ2) is 11.2. The summed E-state index contributed by atoms with van der Waals surface area (Å²) >= 11 is 1.87. The zero-order valence-corrected chi connectivity index (χ0v) is 27.3. The quantitative estimate of drug-likeness (QED) is 0.186. The topological polar surface area (TPSA) is 16.4 Å². The predicted molar refractivity (Wildman–Crippen MR) is 210 cm³/mol. The fourth-order valence-corrected chi connectivity index (χ4v) is 8.67. The van der Waals surface area contributed by atoms with E-state index in [0.717, 1.165) is 39.0 Å². The van der Waals surface area contributed by atoms with Crippen LogP contribution in [0, 0.1) is 0 Å². The van der Waals surface area contributed by atoms with Gasteiger partial charge in [-0.25, -0.2) is 0 Å². The van der Waals surface area contributed by atoms with Crippen LogP contribution in [0.15, 0.2) is 180 Å². The maximum Gasteiger partial charge on any atom is 0.137 e. The normalized spacial score (nSPS) is 11.7. The van der Waals surface area contributed by atoms with E-state index in [4.69, 9.17) is 4.42 Å². The van der Waals surface area contributed by atoms with Gasteiger partial charge in [0.05, 0.1) is 11.1 Å². The first-order valence-electron chi connectivity index (χ1n) is 16.6. The van der Waals surface area contributed by atoms with Gasteiger partial charge in [-0.1, -0.05) is 133 Å². The third-order valence-corrected chi connectivity index (χ3v) is 10.9. The first-order valence-corrected chi connectivity index (χ1v) is 17.4. The summed E-state index contributed by atoms with van der Waals surface area (Å²) in [7, 11) is 0. The zero-order chi connectivity index (χ0) is 32.3. The van der Waals surface area contributed by atoms with E-state index in [2.05, 4.69) is 175 Å². The standard InChI is InChI=1S/C46H29NOS/c1-2-11-30(12-3-1)35-14-6-7-15-36(35)32-21-24-33(25-22-32)47(41-18-10-20-43-45(41)40-17-8-9-19-42(40)48-43)34-26-28-38-39-27-23-31-13-4-5-16-37(31)46(39)49-44(38)29-34/h1-29H. The number of nitrogens with zero attached hydrogens (tertiary/aromatic N) is 1. The van der Waals surface area contributed by atoms with Gasteiger partial charge in [0, 0.05) is 36.9 Å². The number of hydrogen-bond acceptors (Lipinski definition) is 3. The smallest absolute Gasteiger partial charge is 0.137 e. The Labute approximate surface area is 287 Å². The molecule has 2 heterocycles. The van der Waals surface area contributed by atoms with Crippen LogP contribution < -0.4 is 4.90 Å². The van der Waals surface area contributed by atoms with E-state index in [1.54, 1.807) is 0 Å². The van der Waals surface area contributed by atoms with Crippen molar-refractivity contribution in [2.45, 2.75) is 0 Å². The molecule has 0 amide bonds. The zero-order valence-electron chi connectivity index (χ0n) is 26.5. The molecule has 0 fully saturated rings. The highest BCUT2D eigenvalue weighted by atomic mass is 32.1. The van der Waals surface area contributed by atoms with Crippen molar-refractivity contribution >= 4 is 81.3 Å². The third kappa shape index (κ3) is 4.55. The lowest BCUT2D eigenvalue weighted by atomic mass is 9.94. The average Bonchev–Trinajstić information content (AvgIpc) is 3.74. The van der Waals surface area contributed by atoms with Crippen LogP contribution in [0.3, 0.4) is 0 Å². The molecule has 0 unspecified atom stereocenters. The molecule has 0 atom stereocenters. The number of anilines is 3. The highest BCUT2D eigenvalue weighted by molar-refractivity contribution is 7.26. The molecule has 0 aliphatic rings. The first kappa shape index (κ1) is 27.9. The Bertz CT molecular complexity index is 2830. The van der Waals surface area contributed by atoms with Crippen LogP contribution >= 0.6 is 11.3 Å². The van der Waals surface area contributed by atoms with Gasteiger partial charge in [-0.2, -0.15) is 0 Å². The summed E-state index contributed by atoms with van der Waals surface area (Å²) in [6.45, 7) is 0. The minimum absolute atomic E-state index is 0.881. The predicted octanol–water partition coefficient (Wildman–Crippen LogP) is 13.9. The lowest BCUT2D eigenvalue weighted by molar-refractivity contribution is 0.669. The van der Waals surface area contributed by atoms with E-state index in [0.29, 0.717) is 0 Å². The summed E-state index contributed by atoms with van der Waals surface area (Å²) < 4.78 is 8.98. The van der Waals surface area contributed by atoms with Crippen LogP contribution in [0.2, 0.25) is 0 Å². The van der Waals surface area contributed by atoms with Crippen LogP contribution in [0.1, 0.15) is 0 Å². The number of para-hydroxylation sites is 1. The van der Waals surface area contributed by atoms with Gasteiger partial charge in [-0.05, 0) is 75.5 Å². The van der Waals surface area contributed by atoms with E-state index in [-0.39, 0.29) is 0 Å². The Kier molecular flexibility index (Phi) is 6.39. The molecule has 0 radical (unpaired) electrons. The molecular weight excluding hydrogens is 615 g/mol. The average molecular weight is 644 g/mol. The van der Waals surface area contributed by atoms with Crippen molar-refractivity contribution in [1.29, 1.82) is 0 Å². The van der Waals surface area contributed by atoms with Crippen LogP contribution in [0.4, 0.5) is 17.1 Å². The Morgan fingerprint density at radius 1 is 0.429 bits per heavy atom. The summed E-state index contributed by atoms with van der Waals surface area (Å²) in [5.41, 5.74) is 9.90. The maximum absolute atomic E-state index is 6.37. The Balaban J connectivity index is 1.17. The van der Waals surface area contributed by atoms with E-state index in [1.807, 2.05) is 17.4 Å². The second-order valence-corrected chi connectivity index (χ2v) is 13.5. The lowest BCUT2D eigenvalue weighted by Gasteiger charge is -2.26. The van der Waals surface area contributed by atoms with Gasteiger partial charge < -0.3 is 9.32 Å². The van der Waals surface area contributed by atoms with Crippen molar-refractivity contribution in [2.75, 3.05) is 4.90 Å². The fourth-order valence-electron chi connectivity index (χ4n) is 7.40. The van der Waals surface area contributed by atoms with Crippen molar-refractivity contribution in [3.8, 4) is 22.3 Å².